The number of rotatable bonds is 0. The SMILES string of the molecule is [CH2-]C(C)=O.[CH2-][N](C)[Pb].[CH3-].[W]. The first-order valence-corrected chi connectivity index (χ1v) is 3.78. The van der Waals surface area contributed by atoms with Gasteiger partial charge in [0.25, 0.3) is 0 Å². The fraction of sp³-hybridized carbons (Fsp3) is 0.333. The van der Waals surface area contributed by atoms with Gasteiger partial charge in [-0.2, -0.15) is 0 Å². The van der Waals surface area contributed by atoms with Crippen molar-refractivity contribution >= 4 is 31.8 Å². The Morgan fingerprint density at radius 3 is 1.60 bits per heavy atom. The molecular formula is C6H13NOPbW-3. The first kappa shape index (κ1) is 22.5. The quantitative estimate of drug-likeness (QED) is 0.356. The molecule has 0 aliphatic carbocycles. The van der Waals surface area contributed by atoms with Crippen LogP contribution in [0.3, 0.4) is 0 Å². The molecule has 0 aromatic rings. The van der Waals surface area contributed by atoms with E-state index in [1.54, 1.807) is 0 Å². The zero-order valence-electron chi connectivity index (χ0n) is 6.68. The largest absolute Gasteiger partial charge is 0.358 e. The summed E-state index contributed by atoms with van der Waals surface area (Å²) in [6.07, 6.45) is 0. The molecule has 0 aliphatic rings. The van der Waals surface area contributed by atoms with Crippen molar-refractivity contribution in [3.8, 4) is 0 Å². The van der Waals surface area contributed by atoms with Gasteiger partial charge in [-0.3, -0.25) is 0 Å². The minimum Gasteiger partial charge on any atom is -0.358 e. The van der Waals surface area contributed by atoms with Crippen LogP contribution in [-0.4, -0.2) is 41.6 Å². The molecule has 0 aliphatic heterocycles. The maximum Gasteiger partial charge on any atom is 0 e. The fourth-order valence-electron chi connectivity index (χ4n) is 0. The number of carbonyl (C=O) groups excluding carboxylic acids is 1. The maximum atomic E-state index is 9.33. The van der Waals surface area contributed by atoms with Crippen LogP contribution in [0.5, 0.6) is 0 Å². The summed E-state index contributed by atoms with van der Waals surface area (Å²) in [6.45, 7) is 4.42. The number of hydrogen-bond acceptors (Lipinski definition) is 2. The minimum atomic E-state index is -0.0833. The smallest absolute Gasteiger partial charge is 0 e. The van der Waals surface area contributed by atoms with E-state index in [0.717, 1.165) is 26.1 Å². The molecule has 4 heteroatoms. The molecule has 2 nitrogen and oxygen atoms in total. The van der Waals surface area contributed by atoms with Gasteiger partial charge in [-0.15, -0.1) is 0 Å². The summed E-state index contributed by atoms with van der Waals surface area (Å²) in [7, 11) is 5.48. The van der Waals surface area contributed by atoms with Crippen LogP contribution in [0.2, 0.25) is 0 Å². The van der Waals surface area contributed by atoms with Gasteiger partial charge in [0.15, 0.2) is 0 Å². The minimum absolute atomic E-state index is 0. The summed E-state index contributed by atoms with van der Waals surface area (Å²) in [5.74, 6) is -0.0833. The standard InChI is InChI=1S/C3H5O.C2H5N.CH3.Pb.W/c1-3(2)4;1-3-2;;;/h1H2,2H3;1H2,2H3;1H3;;/q-1;-2;-1;+1;. The van der Waals surface area contributed by atoms with Gasteiger partial charge in [0.2, 0.25) is 0 Å². The molecule has 0 amide bonds. The Morgan fingerprint density at radius 1 is 1.60 bits per heavy atom. The van der Waals surface area contributed by atoms with Crippen molar-refractivity contribution in [2.45, 2.75) is 6.92 Å². The molecule has 3 radical (unpaired) electrons. The molecule has 0 fully saturated rings. The number of Topliss-reactive ketones (excluding diaryl/α,β-unsaturated/α-hetero) is 1. The van der Waals surface area contributed by atoms with Gasteiger partial charge in [0.05, 0.1) is 0 Å². The molecule has 0 spiro atoms. The van der Waals surface area contributed by atoms with Crippen molar-refractivity contribution in [3.05, 3.63) is 21.4 Å². The van der Waals surface area contributed by atoms with E-state index in [9.17, 15) is 4.79 Å². The van der Waals surface area contributed by atoms with Crippen LogP contribution in [0.25, 0.3) is 0 Å². The Labute approximate surface area is 95.1 Å². The van der Waals surface area contributed by atoms with E-state index >= 15 is 0 Å². The summed E-state index contributed by atoms with van der Waals surface area (Å²) in [6, 6.07) is 0. The summed E-state index contributed by atoms with van der Waals surface area (Å²) in [4.78, 5) is 9.33. The predicted molar refractivity (Wildman–Crippen MR) is 41.3 cm³/mol. The predicted octanol–water partition coefficient (Wildman–Crippen LogP) is 0.651. The van der Waals surface area contributed by atoms with Gasteiger partial charge in [0, 0.05) is 21.1 Å². The Kier molecular flexibility index (Phi) is 37.3. The van der Waals surface area contributed by atoms with E-state index in [0.29, 0.717) is 0 Å². The van der Waals surface area contributed by atoms with E-state index in [1.165, 1.54) is 6.92 Å². The fourth-order valence-corrected chi connectivity index (χ4v) is 0. The van der Waals surface area contributed by atoms with Gasteiger partial charge in [-0.1, -0.05) is 0 Å². The van der Waals surface area contributed by atoms with Crippen LogP contribution in [-0.2, 0) is 25.9 Å². The van der Waals surface area contributed by atoms with Crippen molar-refractivity contribution in [1.29, 1.82) is 0 Å². The number of ketones is 1. The molecule has 0 aromatic heterocycles. The molecule has 0 aromatic carbocycles. The van der Waals surface area contributed by atoms with Gasteiger partial charge in [0.1, 0.15) is 0 Å². The second kappa shape index (κ2) is 16.6. The molecule has 0 heterocycles. The second-order valence-electron chi connectivity index (χ2n) is 1.40. The van der Waals surface area contributed by atoms with Crippen LogP contribution < -0.4 is 0 Å². The Hall–Kier alpha value is 1.11. The van der Waals surface area contributed by atoms with Crippen molar-refractivity contribution in [2.24, 2.45) is 0 Å². The van der Waals surface area contributed by atoms with Gasteiger partial charge >= 0.3 is 42.9 Å². The molecule has 10 heavy (non-hydrogen) atoms. The number of hydrogen-bond donors (Lipinski definition) is 0. The van der Waals surface area contributed by atoms with E-state index in [1.807, 2.05) is 9.76 Å². The van der Waals surface area contributed by atoms with Crippen molar-refractivity contribution < 1.29 is 25.9 Å². The third-order valence-corrected chi connectivity index (χ3v) is 0. The molecule has 0 rings (SSSR count). The first-order valence-electron chi connectivity index (χ1n) is 2.04. The van der Waals surface area contributed by atoms with Gasteiger partial charge in [-0.25, -0.2) is 0 Å². The van der Waals surface area contributed by atoms with Crippen molar-refractivity contribution in [3.63, 3.8) is 0 Å². The normalized spacial score (nSPS) is 6.10. The van der Waals surface area contributed by atoms with Gasteiger partial charge < -0.3 is 19.1 Å². The second-order valence-corrected chi connectivity index (χ2v) is 4.37. The average molecular weight is 506 g/mol. The molecular weight excluding hydrogens is 493 g/mol. The maximum absolute atomic E-state index is 9.33. The topological polar surface area (TPSA) is 20.3 Å². The summed E-state index contributed by atoms with van der Waals surface area (Å²) in [5, 5.41) is 0. The third-order valence-electron chi connectivity index (χ3n) is 0. The van der Waals surface area contributed by atoms with Gasteiger partial charge in [-0.05, 0) is 12.7 Å². The van der Waals surface area contributed by atoms with Crippen LogP contribution in [0.1, 0.15) is 6.92 Å². The van der Waals surface area contributed by atoms with Crippen molar-refractivity contribution in [2.75, 3.05) is 7.05 Å². The summed E-state index contributed by atoms with van der Waals surface area (Å²) < 4.78 is 1.89. The monoisotopic (exact) mass is 507 g/mol. The molecule has 0 saturated carbocycles. The molecule has 0 unspecified atom stereocenters. The molecule has 0 N–H and O–H groups in total. The average Bonchev–Trinajstić information content (AvgIpc) is 1.25. The Morgan fingerprint density at radius 2 is 1.60 bits per heavy atom. The van der Waals surface area contributed by atoms with E-state index < -0.39 is 0 Å². The van der Waals surface area contributed by atoms with E-state index in [-0.39, 0.29) is 34.3 Å². The zero-order valence-corrected chi connectivity index (χ0v) is 13.5. The number of nitrogens with zero attached hydrogens (tertiary/aromatic N) is 1. The van der Waals surface area contributed by atoms with E-state index in [4.69, 9.17) is 0 Å². The van der Waals surface area contributed by atoms with Crippen LogP contribution >= 0.6 is 0 Å². The van der Waals surface area contributed by atoms with Crippen LogP contribution in [0.4, 0.5) is 0 Å². The van der Waals surface area contributed by atoms with E-state index in [2.05, 4.69) is 14.0 Å². The van der Waals surface area contributed by atoms with Crippen LogP contribution in [0, 0.1) is 21.4 Å². The third kappa shape index (κ3) is 486. The Balaban J connectivity index is -0.0000000300. The van der Waals surface area contributed by atoms with Crippen LogP contribution in [0.15, 0.2) is 0 Å². The molecule has 0 atom stereocenters. The first-order chi connectivity index (χ1) is 3.46. The molecule has 0 saturated heterocycles. The molecule has 0 bridgehead atoms. The summed E-state index contributed by atoms with van der Waals surface area (Å²) in [5.41, 5.74) is 0. The summed E-state index contributed by atoms with van der Waals surface area (Å²) >= 11 is 1.07. The zero-order chi connectivity index (χ0) is 7.15. The Bertz CT molecular complexity index is 62.0. The molecule has 61 valence electrons. The number of carbonyl (C=O) groups is 1. The van der Waals surface area contributed by atoms with Crippen molar-refractivity contribution in [1.82, 2.24) is 2.71 Å².